The minimum Gasteiger partial charge on any atom is -0.493 e. The number of hydrogen-bond acceptors (Lipinski definition) is 10. The Morgan fingerprint density at radius 2 is 1.50 bits per heavy atom. The molecule has 0 heterocycles. The number of oxime groups is 1. The second kappa shape index (κ2) is 12.9. The van der Waals surface area contributed by atoms with Crippen molar-refractivity contribution in [1.29, 1.82) is 0 Å². The van der Waals surface area contributed by atoms with Crippen LogP contribution in [0.15, 0.2) is 57.4 Å². The molecule has 6 N–H and O–H groups in total. The Hall–Kier alpha value is -4.09. The molecule has 0 amide bonds. The molecule has 0 saturated carbocycles. The van der Waals surface area contributed by atoms with Gasteiger partial charge in [0.1, 0.15) is 41.0 Å². The summed E-state index contributed by atoms with van der Waals surface area (Å²) in [6.45, 7) is -0.478. The quantitative estimate of drug-likeness (QED) is 0.0715. The first kappa shape index (κ1) is 30.1. The van der Waals surface area contributed by atoms with Gasteiger partial charge < -0.3 is 35.4 Å². The van der Waals surface area contributed by atoms with Crippen molar-refractivity contribution in [3.8, 4) is 11.5 Å². The second-order valence-corrected chi connectivity index (χ2v) is 11.0. The molecule has 38 heavy (non-hydrogen) atoms. The maximum Gasteiger partial charge on any atom is 0.340 e. The number of aliphatic carboxylic acids is 2. The molecule has 15 nitrogen and oxygen atoms in total. The van der Waals surface area contributed by atoms with Gasteiger partial charge in [0, 0.05) is 12.5 Å². The van der Waals surface area contributed by atoms with Gasteiger partial charge in [-0.25, -0.2) is 8.42 Å². The molecule has 0 aliphatic rings. The summed E-state index contributed by atoms with van der Waals surface area (Å²) in [6.07, 6.45) is 0.383. The third-order valence-electron chi connectivity index (χ3n) is 4.41. The monoisotopic (exact) mass is 574 g/mol. The van der Waals surface area contributed by atoms with Crippen LogP contribution in [-0.2, 0) is 34.6 Å². The van der Waals surface area contributed by atoms with E-state index < -0.39 is 55.0 Å². The van der Waals surface area contributed by atoms with Crippen LogP contribution in [0.3, 0.4) is 0 Å². The fourth-order valence-electron chi connectivity index (χ4n) is 2.99. The van der Waals surface area contributed by atoms with Crippen molar-refractivity contribution in [2.24, 2.45) is 16.6 Å². The highest BCUT2D eigenvalue weighted by atomic mass is 32.2. The highest BCUT2D eigenvalue weighted by Gasteiger charge is 2.34. The van der Waals surface area contributed by atoms with Crippen molar-refractivity contribution < 1.29 is 50.4 Å². The number of aryl methyl sites for hydroxylation is 1. The second-order valence-electron chi connectivity index (χ2n) is 7.58. The number of nitrogens with two attached hydrogens (primary N) is 2. The van der Waals surface area contributed by atoms with Crippen molar-refractivity contribution >= 4 is 38.0 Å². The molecule has 0 saturated heterocycles. The van der Waals surface area contributed by atoms with Gasteiger partial charge in [-0.2, -0.15) is 12.7 Å². The summed E-state index contributed by atoms with van der Waals surface area (Å²) in [5, 5.41) is 21.4. The lowest BCUT2D eigenvalue weighted by Gasteiger charge is -2.20. The van der Waals surface area contributed by atoms with Crippen LogP contribution >= 0.6 is 0 Å². The zero-order valence-electron chi connectivity index (χ0n) is 20.0. The lowest BCUT2D eigenvalue weighted by molar-refractivity contribution is -0.139. The first-order valence-electron chi connectivity index (χ1n) is 10.6. The third-order valence-corrected chi connectivity index (χ3v) is 7.69. The minimum absolute atomic E-state index is 0.127. The first-order valence-corrected chi connectivity index (χ1v) is 13.5. The predicted molar refractivity (Wildman–Crippen MR) is 131 cm³/mol. The number of benzene rings is 2. The first-order chi connectivity index (χ1) is 17.7. The summed E-state index contributed by atoms with van der Waals surface area (Å²) < 4.78 is 63.3. The van der Waals surface area contributed by atoms with Gasteiger partial charge in [0.25, 0.3) is 0 Å². The van der Waals surface area contributed by atoms with Crippen molar-refractivity contribution in [2.75, 3.05) is 26.3 Å². The van der Waals surface area contributed by atoms with Crippen LogP contribution in [0.25, 0.3) is 0 Å². The average Bonchev–Trinajstić information content (AvgIpc) is 2.79. The van der Waals surface area contributed by atoms with Crippen LogP contribution in [0.2, 0.25) is 0 Å². The van der Waals surface area contributed by atoms with Crippen molar-refractivity contribution in [2.45, 2.75) is 23.1 Å². The van der Waals surface area contributed by atoms with E-state index in [2.05, 4.69) is 5.16 Å². The standard InChI is InChI=1S/C21H26N4O11S2/c1-14-9-15(34-7-4-8-35-24-21(22)23)11-16(10-14)36-38(32,33)18-6-3-2-5-17(18)37(30,31)25(12-19(26)27)13-20(28)29/h2-3,5-6,9-11H,4,7-8,12-13H2,1H3,(H,26,27)(H,28,29)(H4,22,23,24). The fraction of sp³-hybridized carbons (Fsp3) is 0.286. The van der Waals surface area contributed by atoms with Gasteiger partial charge in [-0.15, -0.1) is 0 Å². The van der Waals surface area contributed by atoms with E-state index >= 15 is 0 Å². The largest absolute Gasteiger partial charge is 0.493 e. The maximum absolute atomic E-state index is 13.1. The predicted octanol–water partition coefficient (Wildman–Crippen LogP) is -0.103. The zero-order valence-corrected chi connectivity index (χ0v) is 21.6. The van der Waals surface area contributed by atoms with Gasteiger partial charge >= 0.3 is 22.1 Å². The van der Waals surface area contributed by atoms with Crippen LogP contribution in [0.1, 0.15) is 12.0 Å². The number of sulfonamides is 1. The van der Waals surface area contributed by atoms with Crippen molar-refractivity contribution in [3.05, 3.63) is 48.0 Å². The summed E-state index contributed by atoms with van der Waals surface area (Å²) in [6, 6.07) is 8.49. The molecule has 208 valence electrons. The number of carboxylic acid groups (broad SMARTS) is 2. The van der Waals surface area contributed by atoms with Crippen molar-refractivity contribution in [3.63, 3.8) is 0 Å². The topological polar surface area (TPSA) is 238 Å². The normalized spacial score (nSPS) is 11.5. The van der Waals surface area contributed by atoms with Gasteiger partial charge in [-0.05, 0) is 41.9 Å². The van der Waals surface area contributed by atoms with Gasteiger partial charge in [-0.1, -0.05) is 12.1 Å². The van der Waals surface area contributed by atoms with E-state index in [-0.39, 0.29) is 35.0 Å². The van der Waals surface area contributed by atoms with Crippen LogP contribution in [-0.4, -0.2) is 75.6 Å². The highest BCUT2D eigenvalue weighted by Crippen LogP contribution is 2.29. The molecule has 2 aromatic rings. The number of carboxylic acids is 2. The van der Waals surface area contributed by atoms with E-state index in [0.717, 1.165) is 12.1 Å². The number of guanidine groups is 1. The number of hydrogen-bond donors (Lipinski definition) is 4. The lowest BCUT2D eigenvalue weighted by Crippen LogP contribution is -2.39. The fourth-order valence-corrected chi connectivity index (χ4v) is 6.02. The minimum atomic E-state index is -4.89. The van der Waals surface area contributed by atoms with E-state index in [1.807, 2.05) is 0 Å². The Bertz CT molecular complexity index is 1390. The molecule has 0 aliphatic heterocycles. The molecule has 0 fully saturated rings. The molecule has 0 atom stereocenters. The van der Waals surface area contributed by atoms with E-state index in [1.54, 1.807) is 13.0 Å². The summed E-state index contributed by atoms with van der Waals surface area (Å²) in [4.78, 5) is 25.4. The number of rotatable bonds is 15. The molecular weight excluding hydrogens is 548 g/mol. The Kier molecular flexibility index (Phi) is 10.3. The molecule has 0 bridgehead atoms. The Balaban J connectivity index is 2.32. The highest BCUT2D eigenvalue weighted by molar-refractivity contribution is 7.91. The van der Waals surface area contributed by atoms with Crippen LogP contribution in [0, 0.1) is 6.92 Å². The Morgan fingerprint density at radius 3 is 2.08 bits per heavy atom. The zero-order chi connectivity index (χ0) is 28.5. The van der Waals surface area contributed by atoms with Crippen LogP contribution in [0.5, 0.6) is 11.5 Å². The third kappa shape index (κ3) is 8.79. The van der Waals surface area contributed by atoms with Gasteiger partial charge in [0.15, 0.2) is 0 Å². The molecule has 2 aromatic carbocycles. The maximum atomic E-state index is 13.1. The number of ether oxygens (including phenoxy) is 1. The van der Waals surface area contributed by atoms with Gasteiger partial charge in [0.2, 0.25) is 16.0 Å². The summed E-state index contributed by atoms with van der Waals surface area (Å²) >= 11 is 0. The van der Waals surface area contributed by atoms with E-state index in [1.165, 1.54) is 24.3 Å². The van der Waals surface area contributed by atoms with E-state index in [4.69, 9.17) is 35.4 Å². The van der Waals surface area contributed by atoms with Gasteiger partial charge in [0.05, 0.1) is 6.61 Å². The Labute approximate surface area is 218 Å². The smallest absolute Gasteiger partial charge is 0.340 e. The average molecular weight is 575 g/mol. The summed E-state index contributed by atoms with van der Waals surface area (Å²) in [5.41, 5.74) is 10.8. The number of carbonyl (C=O) groups is 2. The molecular formula is C21H26N4O11S2. The molecule has 17 heteroatoms. The van der Waals surface area contributed by atoms with Crippen LogP contribution in [0.4, 0.5) is 0 Å². The molecule has 0 radical (unpaired) electrons. The SMILES string of the molecule is Cc1cc(OCCCON=C(N)N)cc(OS(=O)(=O)c2ccccc2S(=O)(=O)N(CC(=O)O)CC(=O)O)c1. The lowest BCUT2D eigenvalue weighted by atomic mass is 10.2. The van der Waals surface area contributed by atoms with E-state index in [9.17, 15) is 26.4 Å². The molecule has 2 rings (SSSR count). The molecule has 0 unspecified atom stereocenters. The van der Waals surface area contributed by atoms with E-state index in [0.29, 0.717) is 12.0 Å². The molecule has 0 aromatic heterocycles. The Morgan fingerprint density at radius 1 is 0.921 bits per heavy atom. The molecule has 0 spiro atoms. The summed E-state index contributed by atoms with van der Waals surface area (Å²) in [5.74, 6) is -3.47. The number of nitrogens with zero attached hydrogens (tertiary/aromatic N) is 2. The van der Waals surface area contributed by atoms with Crippen LogP contribution < -0.4 is 20.4 Å². The van der Waals surface area contributed by atoms with Gasteiger partial charge in [-0.3, -0.25) is 9.59 Å². The van der Waals surface area contributed by atoms with Crippen molar-refractivity contribution in [1.82, 2.24) is 4.31 Å². The molecule has 0 aliphatic carbocycles. The summed E-state index contributed by atoms with van der Waals surface area (Å²) in [7, 11) is -9.69.